The summed E-state index contributed by atoms with van der Waals surface area (Å²) in [4.78, 5) is 7.03. The van der Waals surface area contributed by atoms with Crippen molar-refractivity contribution < 1.29 is 8.94 Å². The highest BCUT2D eigenvalue weighted by atomic mass is 16.5. The van der Waals surface area contributed by atoms with Crippen molar-refractivity contribution in [1.82, 2.24) is 15.0 Å². The summed E-state index contributed by atoms with van der Waals surface area (Å²) >= 11 is 0. The van der Waals surface area contributed by atoms with Crippen molar-refractivity contribution in [2.75, 3.05) is 13.1 Å². The molecular weight excluding hydrogens is 290 g/mol. The van der Waals surface area contributed by atoms with Gasteiger partial charge in [-0.2, -0.15) is 0 Å². The summed E-state index contributed by atoms with van der Waals surface area (Å²) < 4.78 is 11.2. The van der Waals surface area contributed by atoms with Crippen LogP contribution in [0.3, 0.4) is 0 Å². The van der Waals surface area contributed by atoms with Gasteiger partial charge in [0, 0.05) is 12.5 Å². The molecule has 120 valence electrons. The highest BCUT2D eigenvalue weighted by molar-refractivity contribution is 5.72. The van der Waals surface area contributed by atoms with E-state index >= 15 is 0 Å². The average molecular weight is 311 g/mol. The molecule has 0 bridgehead atoms. The molecule has 0 radical (unpaired) electrons. The molecule has 5 heteroatoms. The SMILES string of the molecule is Cc1cc([C@@H]2CCCN2CCCc2nc3ccccc3o2)on1. The number of hydrogen-bond acceptors (Lipinski definition) is 5. The van der Waals surface area contributed by atoms with Crippen LogP contribution in [0.25, 0.3) is 11.1 Å². The highest BCUT2D eigenvalue weighted by Gasteiger charge is 2.28. The molecule has 4 rings (SSSR count). The van der Waals surface area contributed by atoms with Crippen LogP contribution in [0, 0.1) is 6.92 Å². The average Bonchev–Trinajstić information content (AvgIpc) is 3.25. The predicted octanol–water partition coefficient (Wildman–Crippen LogP) is 3.89. The number of benzene rings is 1. The van der Waals surface area contributed by atoms with Crippen LogP contribution in [0.1, 0.15) is 42.6 Å². The zero-order chi connectivity index (χ0) is 15.6. The molecule has 3 heterocycles. The Balaban J connectivity index is 1.36. The summed E-state index contributed by atoms with van der Waals surface area (Å²) in [6.07, 6.45) is 4.27. The molecule has 0 unspecified atom stereocenters. The molecule has 1 aliphatic rings. The molecule has 3 aromatic rings. The third-order valence-electron chi connectivity index (χ3n) is 4.51. The van der Waals surface area contributed by atoms with Crippen LogP contribution in [0.2, 0.25) is 0 Å². The van der Waals surface area contributed by atoms with E-state index in [0.29, 0.717) is 6.04 Å². The Morgan fingerprint density at radius 1 is 1.30 bits per heavy atom. The zero-order valence-electron chi connectivity index (χ0n) is 13.4. The minimum Gasteiger partial charge on any atom is -0.441 e. The largest absolute Gasteiger partial charge is 0.441 e. The number of aryl methyl sites for hydroxylation is 2. The second-order valence-corrected chi connectivity index (χ2v) is 6.24. The van der Waals surface area contributed by atoms with Crippen molar-refractivity contribution in [2.45, 2.75) is 38.6 Å². The lowest BCUT2D eigenvalue weighted by Crippen LogP contribution is -2.24. The van der Waals surface area contributed by atoms with Crippen LogP contribution in [-0.4, -0.2) is 28.1 Å². The van der Waals surface area contributed by atoms with E-state index in [0.717, 1.165) is 60.8 Å². The smallest absolute Gasteiger partial charge is 0.195 e. The number of nitrogens with zero attached hydrogens (tertiary/aromatic N) is 3. The quantitative estimate of drug-likeness (QED) is 0.715. The molecule has 0 saturated carbocycles. The number of para-hydroxylation sites is 2. The Morgan fingerprint density at radius 3 is 3.04 bits per heavy atom. The van der Waals surface area contributed by atoms with Gasteiger partial charge in [0.2, 0.25) is 0 Å². The first-order chi connectivity index (χ1) is 11.3. The molecule has 2 aromatic heterocycles. The molecule has 0 N–H and O–H groups in total. The molecule has 1 aromatic carbocycles. The summed E-state index contributed by atoms with van der Waals surface area (Å²) in [6, 6.07) is 10.4. The number of likely N-dealkylation sites (tertiary alicyclic amines) is 1. The molecule has 5 nitrogen and oxygen atoms in total. The van der Waals surface area contributed by atoms with E-state index in [2.05, 4.69) is 21.1 Å². The standard InChI is InChI=1S/C18H21N3O2/c1-13-12-17(23-20-13)15-7-4-10-21(15)11-5-9-18-19-14-6-2-3-8-16(14)22-18/h2-3,6,8,12,15H,4-5,7,9-11H2,1H3/t15-/m0/s1. The van der Waals surface area contributed by atoms with E-state index in [4.69, 9.17) is 8.94 Å². The van der Waals surface area contributed by atoms with Gasteiger partial charge in [-0.1, -0.05) is 17.3 Å². The molecule has 1 aliphatic heterocycles. The lowest BCUT2D eigenvalue weighted by atomic mass is 10.1. The van der Waals surface area contributed by atoms with Crippen molar-refractivity contribution in [3.05, 3.63) is 47.7 Å². The minimum atomic E-state index is 0.375. The summed E-state index contributed by atoms with van der Waals surface area (Å²) in [5.74, 6) is 1.83. The zero-order valence-corrected chi connectivity index (χ0v) is 13.4. The Bertz CT molecular complexity index is 759. The second kappa shape index (κ2) is 6.16. The van der Waals surface area contributed by atoms with Crippen LogP contribution in [0.4, 0.5) is 0 Å². The van der Waals surface area contributed by atoms with Gasteiger partial charge in [-0.3, -0.25) is 4.90 Å². The topological polar surface area (TPSA) is 55.3 Å². The second-order valence-electron chi connectivity index (χ2n) is 6.24. The molecule has 1 saturated heterocycles. The van der Waals surface area contributed by atoms with Crippen LogP contribution < -0.4 is 0 Å². The van der Waals surface area contributed by atoms with E-state index in [9.17, 15) is 0 Å². The molecular formula is C18H21N3O2. The normalized spacial score (nSPS) is 18.9. The Labute approximate surface area is 135 Å². The van der Waals surface area contributed by atoms with Crippen LogP contribution >= 0.6 is 0 Å². The molecule has 0 aliphatic carbocycles. The van der Waals surface area contributed by atoms with Gasteiger partial charge in [-0.05, 0) is 51.4 Å². The Hall–Kier alpha value is -2.14. The van der Waals surface area contributed by atoms with Gasteiger partial charge in [-0.25, -0.2) is 4.98 Å². The fourth-order valence-corrected chi connectivity index (χ4v) is 3.42. The maximum atomic E-state index is 5.79. The predicted molar refractivity (Wildman–Crippen MR) is 87.1 cm³/mol. The number of fused-ring (bicyclic) bond motifs is 1. The van der Waals surface area contributed by atoms with Crippen molar-refractivity contribution in [3.8, 4) is 0 Å². The van der Waals surface area contributed by atoms with E-state index in [1.54, 1.807) is 0 Å². The first-order valence-corrected chi connectivity index (χ1v) is 8.31. The fourth-order valence-electron chi connectivity index (χ4n) is 3.42. The van der Waals surface area contributed by atoms with Crippen molar-refractivity contribution in [2.24, 2.45) is 0 Å². The first-order valence-electron chi connectivity index (χ1n) is 8.31. The summed E-state index contributed by atoms with van der Waals surface area (Å²) in [5.41, 5.74) is 2.77. The van der Waals surface area contributed by atoms with Crippen molar-refractivity contribution >= 4 is 11.1 Å². The van der Waals surface area contributed by atoms with Crippen LogP contribution in [0.5, 0.6) is 0 Å². The lowest BCUT2D eigenvalue weighted by Gasteiger charge is -2.21. The summed E-state index contributed by atoms with van der Waals surface area (Å²) in [7, 11) is 0. The number of hydrogen-bond donors (Lipinski definition) is 0. The van der Waals surface area contributed by atoms with Gasteiger partial charge < -0.3 is 8.94 Å². The fraction of sp³-hybridized carbons (Fsp3) is 0.444. The number of rotatable bonds is 5. The van der Waals surface area contributed by atoms with Gasteiger partial charge in [0.15, 0.2) is 17.2 Å². The van der Waals surface area contributed by atoms with Gasteiger partial charge in [0.1, 0.15) is 5.52 Å². The van der Waals surface area contributed by atoms with E-state index in [1.165, 1.54) is 6.42 Å². The number of oxazole rings is 1. The molecule has 23 heavy (non-hydrogen) atoms. The van der Waals surface area contributed by atoms with Gasteiger partial charge in [0.05, 0.1) is 11.7 Å². The maximum Gasteiger partial charge on any atom is 0.195 e. The first kappa shape index (κ1) is 14.5. The van der Waals surface area contributed by atoms with Crippen molar-refractivity contribution in [1.29, 1.82) is 0 Å². The van der Waals surface area contributed by atoms with E-state index < -0.39 is 0 Å². The summed E-state index contributed by atoms with van der Waals surface area (Å²) in [6.45, 7) is 4.13. The van der Waals surface area contributed by atoms with Crippen LogP contribution in [-0.2, 0) is 6.42 Å². The Morgan fingerprint density at radius 2 is 2.22 bits per heavy atom. The van der Waals surface area contributed by atoms with Crippen molar-refractivity contribution in [3.63, 3.8) is 0 Å². The van der Waals surface area contributed by atoms with E-state index in [-0.39, 0.29) is 0 Å². The highest BCUT2D eigenvalue weighted by Crippen LogP contribution is 2.32. The van der Waals surface area contributed by atoms with Gasteiger partial charge >= 0.3 is 0 Å². The monoisotopic (exact) mass is 311 g/mol. The van der Waals surface area contributed by atoms with E-state index in [1.807, 2.05) is 31.2 Å². The number of aromatic nitrogens is 2. The molecule has 1 atom stereocenters. The lowest BCUT2D eigenvalue weighted by molar-refractivity contribution is 0.210. The summed E-state index contributed by atoms with van der Waals surface area (Å²) in [5, 5.41) is 4.02. The third-order valence-corrected chi connectivity index (χ3v) is 4.51. The third kappa shape index (κ3) is 3.01. The minimum absolute atomic E-state index is 0.375. The van der Waals surface area contributed by atoms with Gasteiger partial charge in [-0.15, -0.1) is 0 Å². The molecule has 0 amide bonds. The molecule has 0 spiro atoms. The maximum absolute atomic E-state index is 5.79. The Kier molecular flexibility index (Phi) is 3.87. The van der Waals surface area contributed by atoms with Gasteiger partial charge in [0.25, 0.3) is 0 Å². The van der Waals surface area contributed by atoms with Crippen LogP contribution in [0.15, 0.2) is 39.3 Å². The molecule has 1 fully saturated rings.